The Bertz CT molecular complexity index is 436. The van der Waals surface area contributed by atoms with Gasteiger partial charge >= 0.3 is 0 Å². The van der Waals surface area contributed by atoms with Crippen LogP contribution in [0.4, 0.5) is 0 Å². The van der Waals surface area contributed by atoms with E-state index in [2.05, 4.69) is 17.0 Å². The highest BCUT2D eigenvalue weighted by Gasteiger charge is 2.09. The Kier molecular flexibility index (Phi) is 3.02. The molecule has 4 heteroatoms. The van der Waals surface area contributed by atoms with Gasteiger partial charge in [-0.3, -0.25) is 9.67 Å². The van der Waals surface area contributed by atoms with E-state index < -0.39 is 0 Å². The first-order valence-electron chi connectivity index (χ1n) is 4.88. The molecule has 0 spiro atoms. The second kappa shape index (κ2) is 4.45. The molecule has 0 amide bonds. The predicted octanol–water partition coefficient (Wildman–Crippen LogP) is 2.70. The first-order chi connectivity index (χ1) is 7.35. The zero-order valence-electron chi connectivity index (χ0n) is 8.52. The lowest BCUT2D eigenvalue weighted by Gasteiger charge is -1.97. The summed E-state index contributed by atoms with van der Waals surface area (Å²) in [7, 11) is 0. The third-order valence-electron chi connectivity index (χ3n) is 2.26. The fraction of sp³-hybridized carbons (Fsp3) is 0.273. The third-order valence-corrected chi connectivity index (χ3v) is 2.55. The van der Waals surface area contributed by atoms with E-state index in [0.717, 1.165) is 23.4 Å². The Labute approximate surface area is 93.7 Å². The summed E-state index contributed by atoms with van der Waals surface area (Å²) < 4.78 is 1.90. The van der Waals surface area contributed by atoms with E-state index >= 15 is 0 Å². The van der Waals surface area contributed by atoms with Crippen molar-refractivity contribution >= 4 is 11.6 Å². The summed E-state index contributed by atoms with van der Waals surface area (Å²) in [5, 5.41) is 4.47. The Balaban J connectivity index is 2.47. The van der Waals surface area contributed by atoms with Crippen LogP contribution in [-0.4, -0.2) is 14.8 Å². The molecule has 2 rings (SSSR count). The van der Waals surface area contributed by atoms with Crippen LogP contribution in [0.2, 0.25) is 0 Å². The molecule has 0 aliphatic heterocycles. The van der Waals surface area contributed by atoms with Crippen molar-refractivity contribution in [2.75, 3.05) is 0 Å². The summed E-state index contributed by atoms with van der Waals surface area (Å²) >= 11 is 5.88. The van der Waals surface area contributed by atoms with Crippen LogP contribution < -0.4 is 0 Å². The molecule has 0 saturated carbocycles. The van der Waals surface area contributed by atoms with Gasteiger partial charge in [-0.05, 0) is 19.1 Å². The van der Waals surface area contributed by atoms with Crippen molar-refractivity contribution in [3.63, 3.8) is 0 Å². The standard InChI is InChI=1S/C11H12ClN3/c1-2-15-8-10(7-12)11(14-15)9-3-5-13-6-4-9/h3-6,8H,2,7H2,1H3. The van der Waals surface area contributed by atoms with Crippen molar-refractivity contribution in [3.8, 4) is 11.3 Å². The summed E-state index contributed by atoms with van der Waals surface area (Å²) in [6.07, 6.45) is 5.51. The highest BCUT2D eigenvalue weighted by molar-refractivity contribution is 6.17. The summed E-state index contributed by atoms with van der Waals surface area (Å²) in [5.41, 5.74) is 3.08. The Hall–Kier alpha value is -1.35. The van der Waals surface area contributed by atoms with Crippen molar-refractivity contribution in [1.82, 2.24) is 14.8 Å². The second-order valence-electron chi connectivity index (χ2n) is 3.23. The summed E-state index contributed by atoms with van der Waals surface area (Å²) in [5.74, 6) is 0.484. The van der Waals surface area contributed by atoms with Crippen molar-refractivity contribution in [2.45, 2.75) is 19.3 Å². The molecule has 15 heavy (non-hydrogen) atoms. The predicted molar refractivity (Wildman–Crippen MR) is 60.7 cm³/mol. The van der Waals surface area contributed by atoms with E-state index in [0.29, 0.717) is 5.88 Å². The fourth-order valence-corrected chi connectivity index (χ4v) is 1.67. The van der Waals surface area contributed by atoms with Crippen LogP contribution in [0.3, 0.4) is 0 Å². The van der Waals surface area contributed by atoms with E-state index in [1.165, 1.54) is 0 Å². The molecule has 0 radical (unpaired) electrons. The van der Waals surface area contributed by atoms with Gasteiger partial charge in [-0.1, -0.05) is 0 Å². The SMILES string of the molecule is CCn1cc(CCl)c(-c2ccncc2)n1. The summed E-state index contributed by atoms with van der Waals surface area (Å²) in [6.45, 7) is 2.91. The normalized spacial score (nSPS) is 10.5. The molecular formula is C11H12ClN3. The van der Waals surface area contributed by atoms with Crippen molar-refractivity contribution in [2.24, 2.45) is 0 Å². The lowest BCUT2D eigenvalue weighted by Crippen LogP contribution is -1.93. The number of aromatic nitrogens is 3. The number of halogens is 1. The minimum absolute atomic E-state index is 0.484. The molecule has 0 atom stereocenters. The zero-order valence-corrected chi connectivity index (χ0v) is 9.28. The number of rotatable bonds is 3. The third kappa shape index (κ3) is 2.02. The van der Waals surface area contributed by atoms with Gasteiger partial charge < -0.3 is 0 Å². The molecule has 2 heterocycles. The molecule has 0 unspecified atom stereocenters. The lowest BCUT2D eigenvalue weighted by atomic mass is 10.1. The second-order valence-corrected chi connectivity index (χ2v) is 3.50. The summed E-state index contributed by atoms with van der Waals surface area (Å²) in [6, 6.07) is 3.89. The number of nitrogens with zero attached hydrogens (tertiary/aromatic N) is 3. The van der Waals surface area contributed by atoms with Crippen LogP contribution in [0.15, 0.2) is 30.7 Å². The maximum absolute atomic E-state index is 5.88. The van der Waals surface area contributed by atoms with Gasteiger partial charge in [0.05, 0.1) is 11.6 Å². The van der Waals surface area contributed by atoms with Gasteiger partial charge in [0, 0.05) is 36.3 Å². The lowest BCUT2D eigenvalue weighted by molar-refractivity contribution is 0.661. The van der Waals surface area contributed by atoms with Gasteiger partial charge in [0.2, 0.25) is 0 Å². The van der Waals surface area contributed by atoms with Crippen LogP contribution in [0.5, 0.6) is 0 Å². The first-order valence-corrected chi connectivity index (χ1v) is 5.41. The van der Waals surface area contributed by atoms with Crippen LogP contribution in [0, 0.1) is 0 Å². The number of hydrogen-bond donors (Lipinski definition) is 0. The maximum Gasteiger partial charge on any atom is 0.0968 e. The van der Waals surface area contributed by atoms with Gasteiger partial charge in [-0.25, -0.2) is 0 Å². The number of aryl methyl sites for hydroxylation is 1. The zero-order chi connectivity index (χ0) is 10.7. The number of pyridine rings is 1. The van der Waals surface area contributed by atoms with Gasteiger partial charge in [-0.15, -0.1) is 11.6 Å². The number of hydrogen-bond acceptors (Lipinski definition) is 2. The van der Waals surface area contributed by atoms with Crippen molar-refractivity contribution in [1.29, 1.82) is 0 Å². The fourth-order valence-electron chi connectivity index (χ4n) is 1.48. The van der Waals surface area contributed by atoms with Gasteiger partial charge in [0.1, 0.15) is 0 Å². The minimum atomic E-state index is 0.484. The molecular weight excluding hydrogens is 210 g/mol. The van der Waals surface area contributed by atoms with Gasteiger partial charge in [-0.2, -0.15) is 5.10 Å². The van der Waals surface area contributed by atoms with Crippen LogP contribution in [-0.2, 0) is 12.4 Å². The molecule has 0 bridgehead atoms. The highest BCUT2D eigenvalue weighted by Crippen LogP contribution is 2.22. The van der Waals surface area contributed by atoms with Gasteiger partial charge in [0.15, 0.2) is 0 Å². The molecule has 2 aromatic heterocycles. The Morgan fingerprint density at radius 2 is 2.07 bits per heavy atom. The molecule has 0 aromatic carbocycles. The molecule has 78 valence electrons. The van der Waals surface area contributed by atoms with E-state index in [-0.39, 0.29) is 0 Å². The highest BCUT2D eigenvalue weighted by atomic mass is 35.5. The Morgan fingerprint density at radius 1 is 1.33 bits per heavy atom. The molecule has 2 aromatic rings. The number of alkyl halides is 1. The average Bonchev–Trinajstić information content (AvgIpc) is 2.73. The van der Waals surface area contributed by atoms with E-state index in [4.69, 9.17) is 11.6 Å². The largest absolute Gasteiger partial charge is 0.272 e. The first kappa shape index (κ1) is 10.2. The van der Waals surface area contributed by atoms with Crippen LogP contribution in [0.25, 0.3) is 11.3 Å². The molecule has 0 N–H and O–H groups in total. The molecule has 3 nitrogen and oxygen atoms in total. The quantitative estimate of drug-likeness (QED) is 0.747. The van der Waals surface area contributed by atoms with E-state index in [1.54, 1.807) is 12.4 Å². The van der Waals surface area contributed by atoms with Crippen molar-refractivity contribution < 1.29 is 0 Å². The smallest absolute Gasteiger partial charge is 0.0968 e. The molecule has 0 aliphatic rings. The van der Waals surface area contributed by atoms with Crippen LogP contribution >= 0.6 is 11.6 Å². The monoisotopic (exact) mass is 221 g/mol. The molecule has 0 aliphatic carbocycles. The van der Waals surface area contributed by atoms with Gasteiger partial charge in [0.25, 0.3) is 0 Å². The Morgan fingerprint density at radius 3 is 2.67 bits per heavy atom. The molecule has 0 saturated heterocycles. The average molecular weight is 222 g/mol. The topological polar surface area (TPSA) is 30.7 Å². The maximum atomic E-state index is 5.88. The van der Waals surface area contributed by atoms with Crippen LogP contribution in [0.1, 0.15) is 12.5 Å². The van der Waals surface area contributed by atoms with Crippen molar-refractivity contribution in [3.05, 3.63) is 36.3 Å². The minimum Gasteiger partial charge on any atom is -0.272 e. The summed E-state index contributed by atoms with van der Waals surface area (Å²) in [4.78, 5) is 3.99. The molecule has 0 fully saturated rings. The van der Waals surface area contributed by atoms with E-state index in [9.17, 15) is 0 Å². The van der Waals surface area contributed by atoms with E-state index in [1.807, 2.05) is 23.0 Å².